The van der Waals surface area contributed by atoms with E-state index in [-0.39, 0.29) is 5.91 Å². The second-order valence-electron chi connectivity index (χ2n) is 5.08. The molecule has 2 aromatic rings. The van der Waals surface area contributed by atoms with E-state index in [1.54, 1.807) is 4.90 Å². The van der Waals surface area contributed by atoms with E-state index in [9.17, 15) is 4.79 Å². The number of rotatable bonds is 8. The van der Waals surface area contributed by atoms with Gasteiger partial charge in [0.15, 0.2) is 0 Å². The van der Waals surface area contributed by atoms with E-state index in [0.717, 1.165) is 17.1 Å². The normalized spacial score (nSPS) is 10.2. The first-order valence-corrected chi connectivity index (χ1v) is 8.07. The van der Waals surface area contributed by atoms with Crippen LogP contribution in [0.3, 0.4) is 0 Å². The summed E-state index contributed by atoms with van der Waals surface area (Å²) in [5.41, 5.74) is 1.86. The Labute approximate surface area is 138 Å². The first-order valence-electron chi connectivity index (χ1n) is 8.07. The van der Waals surface area contributed by atoms with Gasteiger partial charge >= 0.3 is 0 Å². The van der Waals surface area contributed by atoms with Crippen LogP contribution in [0.1, 0.15) is 20.3 Å². The summed E-state index contributed by atoms with van der Waals surface area (Å²) in [6.07, 6.45) is 0.434. The Morgan fingerprint density at radius 1 is 1.04 bits per heavy atom. The van der Waals surface area contributed by atoms with Crippen LogP contribution in [0.4, 0.5) is 11.4 Å². The maximum Gasteiger partial charge on any atom is 0.228 e. The predicted octanol–water partition coefficient (Wildman–Crippen LogP) is 3.94. The summed E-state index contributed by atoms with van der Waals surface area (Å²) >= 11 is 0. The number of carbonyl (C=O) groups excluding carboxylic acids is 1. The van der Waals surface area contributed by atoms with Gasteiger partial charge < -0.3 is 15.0 Å². The molecule has 0 aliphatic heterocycles. The molecule has 122 valence electrons. The number of hydrogen-bond acceptors (Lipinski definition) is 3. The Morgan fingerprint density at radius 2 is 1.74 bits per heavy atom. The molecule has 0 spiro atoms. The van der Waals surface area contributed by atoms with E-state index >= 15 is 0 Å². The van der Waals surface area contributed by atoms with Gasteiger partial charge in [-0.15, -0.1) is 0 Å². The molecule has 0 fully saturated rings. The molecule has 0 aliphatic carbocycles. The van der Waals surface area contributed by atoms with E-state index in [1.165, 1.54) is 0 Å². The molecule has 4 nitrogen and oxygen atoms in total. The Kier molecular flexibility index (Phi) is 6.48. The molecule has 1 N–H and O–H groups in total. The Morgan fingerprint density at radius 3 is 2.43 bits per heavy atom. The molecule has 2 aromatic carbocycles. The molecular formula is C19H24N2O2. The van der Waals surface area contributed by atoms with E-state index in [1.807, 2.05) is 68.4 Å². The number of carbonyl (C=O) groups is 1. The molecule has 0 atom stereocenters. The average molecular weight is 312 g/mol. The van der Waals surface area contributed by atoms with Crippen LogP contribution in [-0.4, -0.2) is 25.6 Å². The summed E-state index contributed by atoms with van der Waals surface area (Å²) in [5.74, 6) is 0.929. The quantitative estimate of drug-likeness (QED) is 0.802. The largest absolute Gasteiger partial charge is 0.492 e. The predicted molar refractivity (Wildman–Crippen MR) is 95.2 cm³/mol. The molecule has 0 heterocycles. The third-order valence-electron chi connectivity index (χ3n) is 3.53. The van der Waals surface area contributed by atoms with Crippen LogP contribution in [0.15, 0.2) is 54.6 Å². The van der Waals surface area contributed by atoms with Crippen molar-refractivity contribution in [1.29, 1.82) is 0 Å². The Bertz CT molecular complexity index is 614. The highest BCUT2D eigenvalue weighted by Crippen LogP contribution is 2.23. The molecule has 4 heteroatoms. The number of ether oxygens (including phenoxy) is 1. The van der Waals surface area contributed by atoms with Gasteiger partial charge in [-0.2, -0.15) is 0 Å². The van der Waals surface area contributed by atoms with Gasteiger partial charge in [0.2, 0.25) is 5.91 Å². The van der Waals surface area contributed by atoms with Crippen molar-refractivity contribution >= 4 is 17.3 Å². The fraction of sp³-hybridized carbons (Fsp3) is 0.316. The molecule has 0 aliphatic rings. The van der Waals surface area contributed by atoms with E-state index in [4.69, 9.17) is 4.74 Å². The van der Waals surface area contributed by atoms with Crippen LogP contribution in [0.2, 0.25) is 0 Å². The van der Waals surface area contributed by atoms with Crippen LogP contribution in [0.5, 0.6) is 5.75 Å². The average Bonchev–Trinajstić information content (AvgIpc) is 2.58. The van der Waals surface area contributed by atoms with Crippen molar-refractivity contribution < 1.29 is 9.53 Å². The lowest BCUT2D eigenvalue weighted by Gasteiger charge is -2.21. The van der Waals surface area contributed by atoms with Gasteiger partial charge in [0.25, 0.3) is 0 Å². The van der Waals surface area contributed by atoms with Crippen LogP contribution in [0, 0.1) is 0 Å². The van der Waals surface area contributed by atoms with Crippen molar-refractivity contribution in [2.75, 3.05) is 29.9 Å². The molecule has 0 saturated heterocycles. The highest BCUT2D eigenvalue weighted by Gasteiger charge is 2.13. The summed E-state index contributed by atoms with van der Waals surface area (Å²) in [4.78, 5) is 14.2. The molecule has 0 unspecified atom stereocenters. The van der Waals surface area contributed by atoms with Crippen molar-refractivity contribution in [3.63, 3.8) is 0 Å². The number of anilines is 2. The standard InChI is InChI=1S/C19H24N2O2/c1-3-21(16-10-6-5-7-11-16)19(22)14-15-20-17-12-8-9-13-18(17)23-4-2/h5-13,20H,3-4,14-15H2,1-2H3. The van der Waals surface area contributed by atoms with Gasteiger partial charge in [0, 0.05) is 25.2 Å². The number of hydrogen-bond donors (Lipinski definition) is 1. The van der Waals surface area contributed by atoms with Crippen LogP contribution >= 0.6 is 0 Å². The van der Waals surface area contributed by atoms with Gasteiger partial charge in [-0.1, -0.05) is 30.3 Å². The van der Waals surface area contributed by atoms with Crippen molar-refractivity contribution in [3.8, 4) is 5.75 Å². The lowest BCUT2D eigenvalue weighted by atomic mass is 10.2. The summed E-state index contributed by atoms with van der Waals surface area (Å²) in [6, 6.07) is 17.5. The molecular weight excluding hydrogens is 288 g/mol. The van der Waals surface area contributed by atoms with Crippen LogP contribution in [0.25, 0.3) is 0 Å². The van der Waals surface area contributed by atoms with Crippen molar-refractivity contribution in [1.82, 2.24) is 0 Å². The molecule has 0 aromatic heterocycles. The fourth-order valence-electron chi connectivity index (χ4n) is 2.44. The second kappa shape index (κ2) is 8.83. The SMILES string of the molecule is CCOc1ccccc1NCCC(=O)N(CC)c1ccccc1. The molecule has 23 heavy (non-hydrogen) atoms. The fourth-order valence-corrected chi connectivity index (χ4v) is 2.44. The number of nitrogens with one attached hydrogen (secondary N) is 1. The summed E-state index contributed by atoms with van der Waals surface area (Å²) in [6.45, 7) is 5.81. The highest BCUT2D eigenvalue weighted by molar-refractivity contribution is 5.93. The monoisotopic (exact) mass is 312 g/mol. The molecule has 1 amide bonds. The first kappa shape index (κ1) is 16.9. The van der Waals surface area contributed by atoms with Crippen molar-refractivity contribution in [3.05, 3.63) is 54.6 Å². The van der Waals surface area contributed by atoms with Gasteiger partial charge in [0.1, 0.15) is 5.75 Å². The smallest absolute Gasteiger partial charge is 0.228 e. The minimum atomic E-state index is 0.111. The van der Waals surface area contributed by atoms with Crippen LogP contribution in [-0.2, 0) is 4.79 Å². The number of nitrogens with zero attached hydrogens (tertiary/aromatic N) is 1. The van der Waals surface area contributed by atoms with E-state index in [2.05, 4.69) is 5.32 Å². The van der Waals surface area contributed by atoms with Crippen molar-refractivity contribution in [2.45, 2.75) is 20.3 Å². The Balaban J connectivity index is 1.92. The first-order chi connectivity index (χ1) is 11.3. The minimum Gasteiger partial charge on any atom is -0.492 e. The lowest BCUT2D eigenvalue weighted by molar-refractivity contribution is -0.118. The zero-order valence-electron chi connectivity index (χ0n) is 13.8. The number of benzene rings is 2. The Hall–Kier alpha value is -2.49. The third-order valence-corrected chi connectivity index (χ3v) is 3.53. The van der Waals surface area contributed by atoms with Crippen LogP contribution < -0.4 is 15.0 Å². The molecule has 2 rings (SSSR count). The maximum absolute atomic E-state index is 12.4. The van der Waals surface area contributed by atoms with E-state index in [0.29, 0.717) is 26.1 Å². The maximum atomic E-state index is 12.4. The number of amides is 1. The van der Waals surface area contributed by atoms with Gasteiger partial charge in [-0.3, -0.25) is 4.79 Å². The summed E-state index contributed by atoms with van der Waals surface area (Å²) in [7, 11) is 0. The topological polar surface area (TPSA) is 41.6 Å². The lowest BCUT2D eigenvalue weighted by Crippen LogP contribution is -2.31. The second-order valence-corrected chi connectivity index (χ2v) is 5.08. The zero-order chi connectivity index (χ0) is 16.5. The zero-order valence-corrected chi connectivity index (χ0v) is 13.8. The number of para-hydroxylation sites is 3. The molecule has 0 radical (unpaired) electrons. The minimum absolute atomic E-state index is 0.111. The third kappa shape index (κ3) is 4.74. The molecule has 0 bridgehead atoms. The molecule has 0 saturated carbocycles. The summed E-state index contributed by atoms with van der Waals surface area (Å²) in [5, 5.41) is 3.29. The van der Waals surface area contributed by atoms with Gasteiger partial charge in [0.05, 0.1) is 12.3 Å². The van der Waals surface area contributed by atoms with Crippen molar-refractivity contribution in [2.24, 2.45) is 0 Å². The highest BCUT2D eigenvalue weighted by atomic mass is 16.5. The van der Waals surface area contributed by atoms with Gasteiger partial charge in [-0.25, -0.2) is 0 Å². The van der Waals surface area contributed by atoms with Gasteiger partial charge in [-0.05, 0) is 38.1 Å². The van der Waals surface area contributed by atoms with E-state index < -0.39 is 0 Å². The summed E-state index contributed by atoms with van der Waals surface area (Å²) < 4.78 is 5.57.